The zero-order valence-corrected chi connectivity index (χ0v) is 16.1. The predicted molar refractivity (Wildman–Crippen MR) is 100 cm³/mol. The first kappa shape index (κ1) is 19.0. The Morgan fingerprint density at radius 2 is 2.00 bits per heavy atom. The van der Waals surface area contributed by atoms with Gasteiger partial charge in [-0.05, 0) is 17.7 Å². The number of nitrogens with one attached hydrogen (secondary N) is 2. The Labute approximate surface area is 158 Å². The van der Waals surface area contributed by atoms with Gasteiger partial charge in [-0.25, -0.2) is 0 Å². The van der Waals surface area contributed by atoms with Gasteiger partial charge < -0.3 is 24.8 Å². The summed E-state index contributed by atoms with van der Waals surface area (Å²) in [5.74, 6) is 1.64. The minimum Gasteiger partial charge on any atom is -0.493 e. The third kappa shape index (κ3) is 3.85. The molecule has 1 aromatic heterocycles. The summed E-state index contributed by atoms with van der Waals surface area (Å²) in [5, 5.41) is 10.6. The molecule has 0 aliphatic carbocycles. The number of amides is 1. The van der Waals surface area contributed by atoms with Gasteiger partial charge in [0.2, 0.25) is 11.7 Å². The van der Waals surface area contributed by atoms with Gasteiger partial charge in [0.15, 0.2) is 11.5 Å². The van der Waals surface area contributed by atoms with Crippen LogP contribution in [-0.2, 0) is 18.4 Å². The molecule has 2 heterocycles. The first-order valence-corrected chi connectivity index (χ1v) is 8.83. The number of hydrogen-bond acceptors (Lipinski definition) is 6. The van der Waals surface area contributed by atoms with E-state index < -0.39 is 0 Å². The van der Waals surface area contributed by atoms with Gasteiger partial charge in [0.05, 0.1) is 33.4 Å². The maximum absolute atomic E-state index is 12.8. The fourth-order valence-corrected chi connectivity index (χ4v) is 3.55. The third-order valence-electron chi connectivity index (χ3n) is 4.94. The second kappa shape index (κ2) is 8.30. The van der Waals surface area contributed by atoms with E-state index in [1.165, 1.54) is 0 Å². The lowest BCUT2D eigenvalue weighted by Gasteiger charge is -2.19. The van der Waals surface area contributed by atoms with Gasteiger partial charge in [-0.3, -0.25) is 9.48 Å². The highest BCUT2D eigenvalue weighted by Gasteiger charge is 2.34. The van der Waals surface area contributed by atoms with Gasteiger partial charge in [-0.1, -0.05) is 0 Å². The maximum atomic E-state index is 12.8. The number of hydrogen-bond donors (Lipinski definition) is 2. The van der Waals surface area contributed by atoms with Crippen LogP contribution in [0.25, 0.3) is 0 Å². The third-order valence-corrected chi connectivity index (χ3v) is 4.94. The summed E-state index contributed by atoms with van der Waals surface area (Å²) in [6, 6.07) is 3.67. The number of ether oxygens (including phenoxy) is 3. The van der Waals surface area contributed by atoms with Gasteiger partial charge >= 0.3 is 0 Å². The van der Waals surface area contributed by atoms with Crippen molar-refractivity contribution in [2.24, 2.45) is 13.0 Å². The summed E-state index contributed by atoms with van der Waals surface area (Å²) in [6.07, 6.45) is 3.80. The summed E-state index contributed by atoms with van der Waals surface area (Å²) in [7, 11) is 6.59. The van der Waals surface area contributed by atoms with E-state index >= 15 is 0 Å². The molecule has 8 heteroatoms. The summed E-state index contributed by atoms with van der Waals surface area (Å²) < 4.78 is 17.9. The van der Waals surface area contributed by atoms with Gasteiger partial charge in [-0.15, -0.1) is 0 Å². The van der Waals surface area contributed by atoms with Crippen LogP contribution in [0.3, 0.4) is 0 Å². The van der Waals surface area contributed by atoms with Crippen LogP contribution in [0.15, 0.2) is 24.5 Å². The first-order chi connectivity index (χ1) is 13.1. The molecule has 146 valence electrons. The summed E-state index contributed by atoms with van der Waals surface area (Å²) >= 11 is 0. The van der Waals surface area contributed by atoms with Crippen molar-refractivity contribution in [2.75, 3.05) is 34.4 Å². The van der Waals surface area contributed by atoms with E-state index in [0.29, 0.717) is 30.3 Å². The van der Waals surface area contributed by atoms with Crippen molar-refractivity contribution >= 4 is 5.91 Å². The SMILES string of the molecule is COc1ccc(CNC(=O)[C@H]2CNC[C@@H]2c2cnn(C)c2)c(OC)c1OC. The van der Waals surface area contributed by atoms with Crippen LogP contribution in [0.4, 0.5) is 0 Å². The lowest BCUT2D eigenvalue weighted by atomic mass is 9.90. The van der Waals surface area contributed by atoms with E-state index in [0.717, 1.165) is 17.7 Å². The molecule has 1 aliphatic rings. The quantitative estimate of drug-likeness (QED) is 0.754. The minimum absolute atomic E-state index is 0.00527. The Morgan fingerprint density at radius 1 is 1.22 bits per heavy atom. The van der Waals surface area contributed by atoms with E-state index in [2.05, 4.69) is 15.7 Å². The van der Waals surface area contributed by atoms with Gasteiger partial charge in [0, 0.05) is 44.4 Å². The number of aryl methyl sites for hydroxylation is 1. The van der Waals surface area contributed by atoms with Crippen molar-refractivity contribution in [3.8, 4) is 17.2 Å². The van der Waals surface area contributed by atoms with Gasteiger partial charge in [-0.2, -0.15) is 5.10 Å². The Balaban J connectivity index is 1.72. The van der Waals surface area contributed by atoms with Crippen LogP contribution in [-0.4, -0.2) is 50.1 Å². The highest BCUT2D eigenvalue weighted by molar-refractivity contribution is 5.80. The Bertz CT molecular complexity index is 805. The summed E-state index contributed by atoms with van der Waals surface area (Å²) in [6.45, 7) is 1.76. The molecule has 2 atom stereocenters. The second-order valence-corrected chi connectivity index (χ2v) is 6.53. The maximum Gasteiger partial charge on any atom is 0.225 e. The number of rotatable bonds is 7. The lowest BCUT2D eigenvalue weighted by molar-refractivity contribution is -0.125. The van der Waals surface area contributed by atoms with Crippen LogP contribution in [0.2, 0.25) is 0 Å². The molecular weight excluding hydrogens is 348 g/mol. The van der Waals surface area contributed by atoms with Crippen molar-refractivity contribution < 1.29 is 19.0 Å². The van der Waals surface area contributed by atoms with Crippen molar-refractivity contribution in [3.63, 3.8) is 0 Å². The molecular formula is C19H26N4O4. The number of carbonyl (C=O) groups excluding carboxylic acids is 1. The molecule has 0 spiro atoms. The average molecular weight is 374 g/mol. The number of aromatic nitrogens is 2. The van der Waals surface area contributed by atoms with Gasteiger partial charge in [0.25, 0.3) is 0 Å². The molecule has 2 N–H and O–H groups in total. The number of benzene rings is 1. The Morgan fingerprint density at radius 3 is 2.63 bits per heavy atom. The molecule has 1 amide bonds. The molecule has 0 bridgehead atoms. The van der Waals surface area contributed by atoms with E-state index in [-0.39, 0.29) is 17.7 Å². The smallest absolute Gasteiger partial charge is 0.225 e. The van der Waals surface area contributed by atoms with Crippen LogP contribution >= 0.6 is 0 Å². The summed E-state index contributed by atoms with van der Waals surface area (Å²) in [5.41, 5.74) is 1.90. The second-order valence-electron chi connectivity index (χ2n) is 6.53. The molecule has 0 radical (unpaired) electrons. The normalized spacial score (nSPS) is 19.0. The molecule has 1 saturated heterocycles. The van der Waals surface area contributed by atoms with Crippen LogP contribution in [0.5, 0.6) is 17.2 Å². The molecule has 0 saturated carbocycles. The number of nitrogens with zero attached hydrogens (tertiary/aromatic N) is 2. The molecule has 1 fully saturated rings. The highest BCUT2D eigenvalue weighted by Crippen LogP contribution is 2.39. The standard InChI is InChI=1S/C19H26N4O4/c1-23-11-13(8-22-23)14-9-20-10-15(14)19(24)21-7-12-5-6-16(25-2)18(27-4)17(12)26-3/h5-6,8,11,14-15,20H,7,9-10H2,1-4H3,(H,21,24)/t14-,15+/m1/s1. The fraction of sp³-hybridized carbons (Fsp3) is 0.474. The van der Waals surface area contributed by atoms with Crippen LogP contribution < -0.4 is 24.8 Å². The Kier molecular flexibility index (Phi) is 5.85. The molecule has 8 nitrogen and oxygen atoms in total. The van der Waals surface area contributed by atoms with Crippen molar-refractivity contribution in [2.45, 2.75) is 12.5 Å². The van der Waals surface area contributed by atoms with E-state index in [9.17, 15) is 4.79 Å². The molecule has 1 aromatic carbocycles. The molecule has 27 heavy (non-hydrogen) atoms. The Hall–Kier alpha value is -2.74. The number of carbonyl (C=O) groups is 1. The molecule has 3 rings (SSSR count). The zero-order chi connectivity index (χ0) is 19.4. The van der Waals surface area contributed by atoms with Crippen molar-refractivity contribution in [1.82, 2.24) is 20.4 Å². The molecule has 0 unspecified atom stereocenters. The van der Waals surface area contributed by atoms with Crippen LogP contribution in [0.1, 0.15) is 17.0 Å². The lowest BCUT2D eigenvalue weighted by Crippen LogP contribution is -2.34. The molecule has 1 aliphatic heterocycles. The van der Waals surface area contributed by atoms with E-state index in [4.69, 9.17) is 14.2 Å². The topological polar surface area (TPSA) is 86.6 Å². The monoisotopic (exact) mass is 374 g/mol. The van der Waals surface area contributed by atoms with Gasteiger partial charge in [0.1, 0.15) is 0 Å². The molecule has 2 aromatic rings. The zero-order valence-electron chi connectivity index (χ0n) is 16.1. The van der Waals surface area contributed by atoms with E-state index in [1.807, 2.05) is 25.5 Å². The fourth-order valence-electron chi connectivity index (χ4n) is 3.55. The van der Waals surface area contributed by atoms with Crippen molar-refractivity contribution in [1.29, 1.82) is 0 Å². The highest BCUT2D eigenvalue weighted by atomic mass is 16.5. The first-order valence-electron chi connectivity index (χ1n) is 8.83. The number of methoxy groups -OCH3 is 3. The van der Waals surface area contributed by atoms with Crippen LogP contribution in [0, 0.1) is 5.92 Å². The predicted octanol–water partition coefficient (Wildman–Crippen LogP) is 1.07. The summed E-state index contributed by atoms with van der Waals surface area (Å²) in [4.78, 5) is 12.8. The van der Waals surface area contributed by atoms with E-state index in [1.54, 1.807) is 32.1 Å². The van der Waals surface area contributed by atoms with Crippen molar-refractivity contribution in [3.05, 3.63) is 35.7 Å². The average Bonchev–Trinajstić information content (AvgIpc) is 3.33. The minimum atomic E-state index is -0.139. The largest absolute Gasteiger partial charge is 0.493 e.